The van der Waals surface area contributed by atoms with Crippen LogP contribution < -0.4 is 10.2 Å². The first kappa shape index (κ1) is 22.9. The number of hydrogen-bond donors (Lipinski definition) is 1. The summed E-state index contributed by atoms with van der Waals surface area (Å²) in [4.78, 5) is 17.6. The van der Waals surface area contributed by atoms with Gasteiger partial charge < -0.3 is 15.0 Å². The van der Waals surface area contributed by atoms with E-state index in [1.165, 1.54) is 17.0 Å². The highest BCUT2D eigenvalue weighted by atomic mass is 35.5. The lowest BCUT2D eigenvalue weighted by atomic mass is 10.2. The molecule has 1 saturated heterocycles. The number of piperazine rings is 1. The molecule has 1 aromatic carbocycles. The predicted octanol–water partition coefficient (Wildman–Crippen LogP) is 3.87. The van der Waals surface area contributed by atoms with E-state index in [2.05, 4.69) is 45.6 Å². The van der Waals surface area contributed by atoms with Crippen molar-refractivity contribution in [3.05, 3.63) is 24.3 Å². The van der Waals surface area contributed by atoms with Gasteiger partial charge >= 0.3 is 6.09 Å². The van der Waals surface area contributed by atoms with Gasteiger partial charge in [-0.15, -0.1) is 24.2 Å². The van der Waals surface area contributed by atoms with Crippen molar-refractivity contribution >= 4 is 35.9 Å². The number of anilines is 1. The highest BCUT2D eigenvalue weighted by Gasteiger charge is 2.18. The maximum Gasteiger partial charge on any atom is 0.407 e. The highest BCUT2D eigenvalue weighted by Crippen LogP contribution is 2.28. The third kappa shape index (κ3) is 7.64. The van der Waals surface area contributed by atoms with Gasteiger partial charge in [0.05, 0.1) is 12.3 Å². The van der Waals surface area contributed by atoms with Crippen molar-refractivity contribution in [2.24, 2.45) is 0 Å². The van der Waals surface area contributed by atoms with Gasteiger partial charge in [-0.3, -0.25) is 4.90 Å². The zero-order valence-electron chi connectivity index (χ0n) is 15.9. The van der Waals surface area contributed by atoms with E-state index in [1.54, 1.807) is 0 Å². The number of nitrogens with zero attached hydrogens (tertiary/aromatic N) is 2. The van der Waals surface area contributed by atoms with E-state index in [-0.39, 0.29) is 18.5 Å². The van der Waals surface area contributed by atoms with Gasteiger partial charge in [0.1, 0.15) is 0 Å². The van der Waals surface area contributed by atoms with E-state index in [0.717, 1.165) is 45.6 Å². The predicted molar refractivity (Wildman–Crippen MR) is 113 cm³/mol. The Morgan fingerprint density at radius 1 is 1.15 bits per heavy atom. The Morgan fingerprint density at radius 3 is 2.58 bits per heavy atom. The Hall–Kier alpha value is -1.11. The number of benzene rings is 1. The van der Waals surface area contributed by atoms with E-state index < -0.39 is 0 Å². The van der Waals surface area contributed by atoms with Gasteiger partial charge in [0.15, 0.2) is 0 Å². The van der Waals surface area contributed by atoms with Crippen LogP contribution in [0.25, 0.3) is 0 Å². The van der Waals surface area contributed by atoms with E-state index in [4.69, 9.17) is 4.74 Å². The molecule has 26 heavy (non-hydrogen) atoms. The summed E-state index contributed by atoms with van der Waals surface area (Å²) in [5, 5.41) is 2.77. The number of thioether (sulfide) groups is 1. The molecular formula is C19H32ClN3O2S. The number of halogens is 1. The van der Waals surface area contributed by atoms with Crippen molar-refractivity contribution in [2.45, 2.75) is 31.1 Å². The lowest BCUT2D eigenvalue weighted by Gasteiger charge is -2.36. The molecule has 0 saturated carbocycles. The first-order valence-corrected chi connectivity index (χ1v) is 10.5. The summed E-state index contributed by atoms with van der Waals surface area (Å²) in [6, 6.07) is 8.68. The minimum Gasteiger partial charge on any atom is -0.450 e. The number of carbonyl (C=O) groups is 1. The van der Waals surface area contributed by atoms with E-state index in [0.29, 0.717) is 13.2 Å². The molecule has 0 unspecified atom stereocenters. The largest absolute Gasteiger partial charge is 0.450 e. The monoisotopic (exact) mass is 401 g/mol. The van der Waals surface area contributed by atoms with Crippen molar-refractivity contribution in [1.82, 2.24) is 10.2 Å². The van der Waals surface area contributed by atoms with Crippen LogP contribution in [0.1, 0.15) is 26.2 Å². The van der Waals surface area contributed by atoms with E-state index >= 15 is 0 Å². The number of ether oxygens (including phenoxy) is 1. The Balaban J connectivity index is 0.00000338. The summed E-state index contributed by atoms with van der Waals surface area (Å²) in [5.41, 5.74) is 1.37. The third-order valence-corrected chi connectivity index (χ3v) is 5.28. The normalized spacial score (nSPS) is 14.6. The number of hydrogen-bond acceptors (Lipinski definition) is 5. The van der Waals surface area contributed by atoms with Gasteiger partial charge in [0.2, 0.25) is 0 Å². The molecule has 5 nitrogen and oxygen atoms in total. The van der Waals surface area contributed by atoms with Crippen LogP contribution in [0.15, 0.2) is 29.2 Å². The summed E-state index contributed by atoms with van der Waals surface area (Å²) in [7, 11) is 0. The number of rotatable bonds is 9. The number of nitrogens with one attached hydrogen (secondary N) is 1. The third-order valence-electron chi connectivity index (χ3n) is 4.49. The average Bonchev–Trinajstić information content (AvgIpc) is 2.65. The molecule has 1 amide bonds. The standard InChI is InChI=1S/C19H31N3O2S.ClH/c1-3-24-19(23)20-11-7-4-8-12-21-13-15-22(16-14-21)17-9-5-6-10-18(17)25-2;/h5-6,9-10H,3-4,7-8,11-16H2,1-2H3,(H,20,23);1H. The van der Waals surface area contributed by atoms with Crippen LogP contribution >= 0.6 is 24.2 Å². The average molecular weight is 402 g/mol. The molecule has 148 valence electrons. The molecule has 0 spiro atoms. The molecule has 0 bridgehead atoms. The molecule has 7 heteroatoms. The van der Waals surface area contributed by atoms with Gasteiger partial charge in [-0.2, -0.15) is 0 Å². The summed E-state index contributed by atoms with van der Waals surface area (Å²) >= 11 is 1.82. The molecular weight excluding hydrogens is 370 g/mol. The van der Waals surface area contributed by atoms with Gasteiger partial charge in [0, 0.05) is 37.6 Å². The Labute approximate surface area is 168 Å². The zero-order valence-corrected chi connectivity index (χ0v) is 17.5. The second-order valence-electron chi connectivity index (χ2n) is 6.21. The molecule has 2 rings (SSSR count). The van der Waals surface area contributed by atoms with Crippen LogP contribution in [-0.4, -0.2) is 63.1 Å². The second-order valence-corrected chi connectivity index (χ2v) is 7.06. The maximum absolute atomic E-state index is 11.2. The highest BCUT2D eigenvalue weighted by molar-refractivity contribution is 7.98. The van der Waals surface area contributed by atoms with Gasteiger partial charge in [-0.05, 0) is 44.7 Å². The molecule has 1 heterocycles. The number of alkyl carbamates (subject to hydrolysis) is 1. The van der Waals surface area contributed by atoms with Crippen molar-refractivity contribution < 1.29 is 9.53 Å². The molecule has 0 aliphatic carbocycles. The van der Waals surface area contributed by atoms with E-state index in [1.807, 2.05) is 18.7 Å². The number of amides is 1. The molecule has 0 aromatic heterocycles. The Bertz CT molecular complexity index is 525. The van der Waals surface area contributed by atoms with Crippen LogP contribution in [0.4, 0.5) is 10.5 Å². The number of unbranched alkanes of at least 4 members (excludes halogenated alkanes) is 2. The Kier molecular flexibility index (Phi) is 11.6. The van der Waals surface area contributed by atoms with Gasteiger partial charge in [0.25, 0.3) is 0 Å². The minimum atomic E-state index is -0.302. The first-order valence-electron chi connectivity index (χ1n) is 9.25. The van der Waals surface area contributed by atoms with Crippen molar-refractivity contribution in [3.8, 4) is 0 Å². The van der Waals surface area contributed by atoms with Crippen LogP contribution in [0.3, 0.4) is 0 Å². The SMILES string of the molecule is CCOC(=O)NCCCCCN1CCN(c2ccccc2SC)CC1.Cl. The zero-order chi connectivity index (χ0) is 17.9. The summed E-state index contributed by atoms with van der Waals surface area (Å²) in [5.74, 6) is 0. The molecule has 0 radical (unpaired) electrons. The number of para-hydroxylation sites is 1. The fourth-order valence-electron chi connectivity index (χ4n) is 3.11. The molecule has 0 atom stereocenters. The van der Waals surface area contributed by atoms with Crippen LogP contribution in [0.5, 0.6) is 0 Å². The van der Waals surface area contributed by atoms with E-state index in [9.17, 15) is 4.79 Å². The molecule has 1 aromatic rings. The first-order chi connectivity index (χ1) is 12.2. The fraction of sp³-hybridized carbons (Fsp3) is 0.632. The second kappa shape index (κ2) is 13.1. The Morgan fingerprint density at radius 2 is 1.88 bits per heavy atom. The quantitative estimate of drug-likeness (QED) is 0.502. The smallest absolute Gasteiger partial charge is 0.407 e. The van der Waals surface area contributed by atoms with Crippen molar-refractivity contribution in [3.63, 3.8) is 0 Å². The van der Waals surface area contributed by atoms with Crippen LogP contribution in [0.2, 0.25) is 0 Å². The van der Waals surface area contributed by atoms with Gasteiger partial charge in [-0.1, -0.05) is 18.6 Å². The van der Waals surface area contributed by atoms with Crippen LogP contribution in [0, 0.1) is 0 Å². The number of carbonyl (C=O) groups excluding carboxylic acids is 1. The molecule has 1 aliphatic heterocycles. The molecule has 1 fully saturated rings. The summed E-state index contributed by atoms with van der Waals surface area (Å²) in [6.07, 6.45) is 5.18. The van der Waals surface area contributed by atoms with Crippen molar-refractivity contribution in [1.29, 1.82) is 0 Å². The minimum absolute atomic E-state index is 0. The van der Waals surface area contributed by atoms with Gasteiger partial charge in [-0.25, -0.2) is 4.79 Å². The summed E-state index contributed by atoms with van der Waals surface area (Å²) in [6.45, 7) is 8.56. The maximum atomic E-state index is 11.2. The summed E-state index contributed by atoms with van der Waals surface area (Å²) < 4.78 is 4.84. The lowest BCUT2D eigenvalue weighted by Crippen LogP contribution is -2.46. The van der Waals surface area contributed by atoms with Crippen molar-refractivity contribution in [2.75, 3.05) is 57.0 Å². The molecule has 1 aliphatic rings. The topological polar surface area (TPSA) is 44.8 Å². The fourth-order valence-corrected chi connectivity index (χ4v) is 3.73. The van der Waals surface area contributed by atoms with Crippen LogP contribution in [-0.2, 0) is 4.74 Å². The molecule has 1 N–H and O–H groups in total. The lowest BCUT2D eigenvalue weighted by molar-refractivity contribution is 0.152.